The third kappa shape index (κ3) is 6.51. The lowest BCUT2D eigenvalue weighted by Crippen LogP contribution is -2.43. The molecule has 1 amide bonds. The summed E-state index contributed by atoms with van der Waals surface area (Å²) in [5.41, 5.74) is 2.88. The normalized spacial score (nSPS) is 11.5. The van der Waals surface area contributed by atoms with Gasteiger partial charge >= 0.3 is 5.97 Å². The van der Waals surface area contributed by atoms with Crippen molar-refractivity contribution < 1.29 is 19.1 Å². The number of hydrogen-bond acceptors (Lipinski definition) is 4. The van der Waals surface area contributed by atoms with E-state index in [2.05, 4.69) is 5.32 Å². The van der Waals surface area contributed by atoms with Gasteiger partial charge in [0.1, 0.15) is 0 Å². The van der Waals surface area contributed by atoms with Crippen molar-refractivity contribution in [1.29, 1.82) is 0 Å². The molecule has 0 bridgehead atoms. The molecule has 0 aliphatic rings. The summed E-state index contributed by atoms with van der Waals surface area (Å²) in [6.45, 7) is 2.99. The topological polar surface area (TPSA) is 72.5 Å². The fourth-order valence-corrected chi connectivity index (χ4v) is 2.45. The fourth-order valence-electron chi connectivity index (χ4n) is 2.45. The van der Waals surface area contributed by atoms with E-state index in [0.29, 0.717) is 6.42 Å². The van der Waals surface area contributed by atoms with Gasteiger partial charge in [0.25, 0.3) is 5.91 Å². The Labute approximate surface area is 153 Å². The molecule has 0 aromatic heterocycles. The molecule has 0 saturated heterocycles. The summed E-state index contributed by atoms with van der Waals surface area (Å²) in [5, 5.41) is 2.63. The summed E-state index contributed by atoms with van der Waals surface area (Å²) in [7, 11) is 0. The van der Waals surface area contributed by atoms with Gasteiger partial charge in [-0.2, -0.15) is 0 Å². The first kappa shape index (κ1) is 19.4. The van der Waals surface area contributed by atoms with Crippen molar-refractivity contribution in [2.24, 2.45) is 0 Å². The summed E-state index contributed by atoms with van der Waals surface area (Å²) in [6.07, 6.45) is 0.507. The van der Waals surface area contributed by atoms with Crippen LogP contribution in [0.2, 0.25) is 0 Å². The largest absolute Gasteiger partial charge is 0.455 e. The van der Waals surface area contributed by atoms with Gasteiger partial charge in [0, 0.05) is 0 Å². The monoisotopic (exact) mass is 353 g/mol. The number of nitrogens with one attached hydrogen (secondary N) is 1. The number of ether oxygens (including phenoxy) is 1. The first-order valence-electron chi connectivity index (χ1n) is 8.49. The van der Waals surface area contributed by atoms with Crippen LogP contribution in [-0.4, -0.2) is 30.3 Å². The molecule has 0 heterocycles. The molecule has 0 unspecified atom stereocenters. The van der Waals surface area contributed by atoms with Gasteiger partial charge in [-0.05, 0) is 31.4 Å². The number of benzene rings is 2. The van der Waals surface area contributed by atoms with Crippen molar-refractivity contribution in [3.8, 4) is 0 Å². The highest BCUT2D eigenvalue weighted by Gasteiger charge is 2.18. The van der Waals surface area contributed by atoms with Gasteiger partial charge in [-0.25, -0.2) is 0 Å². The van der Waals surface area contributed by atoms with Crippen molar-refractivity contribution in [2.45, 2.75) is 32.7 Å². The van der Waals surface area contributed by atoms with Crippen molar-refractivity contribution in [1.82, 2.24) is 5.32 Å². The van der Waals surface area contributed by atoms with E-state index in [1.54, 1.807) is 0 Å². The first-order chi connectivity index (χ1) is 12.4. The van der Waals surface area contributed by atoms with Crippen LogP contribution >= 0.6 is 0 Å². The molecule has 136 valence electrons. The molecule has 2 rings (SSSR count). The molecule has 0 aliphatic heterocycles. The number of carbonyl (C=O) groups is 3. The molecule has 5 heteroatoms. The number of ketones is 1. The van der Waals surface area contributed by atoms with Gasteiger partial charge < -0.3 is 10.1 Å². The number of esters is 1. The van der Waals surface area contributed by atoms with Crippen LogP contribution in [0, 0.1) is 6.92 Å². The summed E-state index contributed by atoms with van der Waals surface area (Å²) >= 11 is 0. The zero-order valence-corrected chi connectivity index (χ0v) is 15.0. The second kappa shape index (κ2) is 9.51. The van der Waals surface area contributed by atoms with Crippen LogP contribution in [0.3, 0.4) is 0 Å². The average Bonchev–Trinajstić information content (AvgIpc) is 2.62. The Morgan fingerprint density at radius 3 is 2.23 bits per heavy atom. The molecule has 5 nitrogen and oxygen atoms in total. The minimum absolute atomic E-state index is 0.105. The maximum Gasteiger partial charge on any atom is 0.310 e. The highest BCUT2D eigenvalue weighted by molar-refractivity contribution is 5.89. The molecule has 26 heavy (non-hydrogen) atoms. The lowest BCUT2D eigenvalue weighted by molar-refractivity contribution is -0.148. The second-order valence-corrected chi connectivity index (χ2v) is 6.24. The minimum atomic E-state index is -0.638. The number of carbonyl (C=O) groups excluding carboxylic acids is 3. The van der Waals surface area contributed by atoms with Crippen molar-refractivity contribution in [3.05, 3.63) is 71.3 Å². The molecule has 0 radical (unpaired) electrons. The fraction of sp³-hybridized carbons (Fsp3) is 0.286. The maximum absolute atomic E-state index is 12.0. The van der Waals surface area contributed by atoms with Gasteiger partial charge in [0.2, 0.25) is 0 Å². The number of hydrogen-bond donors (Lipinski definition) is 1. The SMILES string of the molecule is CC(=O)[C@H](Cc1ccccc1)NC(=O)COC(=O)Cc1ccc(C)cc1. The van der Waals surface area contributed by atoms with Crippen LogP contribution in [0.25, 0.3) is 0 Å². The van der Waals surface area contributed by atoms with E-state index < -0.39 is 24.5 Å². The van der Waals surface area contributed by atoms with Crippen molar-refractivity contribution in [3.63, 3.8) is 0 Å². The average molecular weight is 353 g/mol. The molecule has 1 atom stereocenters. The zero-order valence-electron chi connectivity index (χ0n) is 15.0. The second-order valence-electron chi connectivity index (χ2n) is 6.24. The third-order valence-corrected chi connectivity index (χ3v) is 3.94. The van der Waals surface area contributed by atoms with Gasteiger partial charge in [-0.1, -0.05) is 60.2 Å². The van der Waals surface area contributed by atoms with Crippen LogP contribution < -0.4 is 5.32 Å². The van der Waals surface area contributed by atoms with E-state index >= 15 is 0 Å². The third-order valence-electron chi connectivity index (χ3n) is 3.94. The highest BCUT2D eigenvalue weighted by atomic mass is 16.5. The molecule has 2 aromatic carbocycles. The quantitative estimate of drug-likeness (QED) is 0.740. The Hall–Kier alpha value is -2.95. The van der Waals surface area contributed by atoms with E-state index in [0.717, 1.165) is 16.7 Å². The van der Waals surface area contributed by atoms with Crippen LogP contribution in [0.5, 0.6) is 0 Å². The molecular formula is C21H23NO4. The maximum atomic E-state index is 12.0. The van der Waals surface area contributed by atoms with Gasteiger partial charge in [0.05, 0.1) is 12.5 Å². The van der Waals surface area contributed by atoms with E-state index in [1.807, 2.05) is 61.5 Å². The number of rotatable bonds is 8. The Balaban J connectivity index is 1.81. The molecular weight excluding hydrogens is 330 g/mol. The van der Waals surface area contributed by atoms with Gasteiger partial charge in [-0.3, -0.25) is 14.4 Å². The Kier molecular flexibility index (Phi) is 7.09. The van der Waals surface area contributed by atoms with Crippen molar-refractivity contribution >= 4 is 17.7 Å². The lowest BCUT2D eigenvalue weighted by Gasteiger charge is -2.16. The lowest BCUT2D eigenvalue weighted by atomic mass is 10.0. The number of aryl methyl sites for hydroxylation is 1. The number of amides is 1. The van der Waals surface area contributed by atoms with E-state index in [-0.39, 0.29) is 12.2 Å². The number of Topliss-reactive ketones (excluding diaryl/α,β-unsaturated/α-hetero) is 1. The molecule has 0 fully saturated rings. The summed E-state index contributed by atoms with van der Waals surface area (Å²) in [4.78, 5) is 35.6. The van der Waals surface area contributed by atoms with E-state index in [1.165, 1.54) is 6.92 Å². The zero-order chi connectivity index (χ0) is 18.9. The minimum Gasteiger partial charge on any atom is -0.455 e. The summed E-state index contributed by atoms with van der Waals surface area (Å²) in [5.74, 6) is -1.11. The van der Waals surface area contributed by atoms with Crippen LogP contribution in [0.15, 0.2) is 54.6 Å². The van der Waals surface area contributed by atoms with Crippen LogP contribution in [0.1, 0.15) is 23.6 Å². The van der Waals surface area contributed by atoms with Crippen molar-refractivity contribution in [2.75, 3.05) is 6.61 Å². The Bertz CT molecular complexity index is 753. The Morgan fingerprint density at radius 2 is 1.62 bits per heavy atom. The predicted molar refractivity (Wildman–Crippen MR) is 98.6 cm³/mol. The van der Waals surface area contributed by atoms with Crippen LogP contribution in [0.4, 0.5) is 0 Å². The predicted octanol–water partition coefficient (Wildman–Crippen LogP) is 2.40. The van der Waals surface area contributed by atoms with E-state index in [9.17, 15) is 14.4 Å². The molecule has 0 aliphatic carbocycles. The van der Waals surface area contributed by atoms with Gasteiger partial charge in [-0.15, -0.1) is 0 Å². The summed E-state index contributed by atoms with van der Waals surface area (Å²) < 4.78 is 5.01. The summed E-state index contributed by atoms with van der Waals surface area (Å²) in [6, 6.07) is 16.3. The molecule has 0 saturated carbocycles. The molecule has 2 aromatic rings. The smallest absolute Gasteiger partial charge is 0.310 e. The van der Waals surface area contributed by atoms with Crippen LogP contribution in [-0.2, 0) is 32.0 Å². The standard InChI is InChI=1S/C21H23NO4/c1-15-8-10-18(11-9-15)13-21(25)26-14-20(24)22-19(16(2)23)12-17-6-4-3-5-7-17/h3-11,19H,12-14H2,1-2H3,(H,22,24)/t19-/m0/s1. The van der Waals surface area contributed by atoms with E-state index in [4.69, 9.17) is 4.74 Å². The molecule has 0 spiro atoms. The highest BCUT2D eigenvalue weighted by Crippen LogP contribution is 2.06. The molecule has 1 N–H and O–H groups in total. The first-order valence-corrected chi connectivity index (χ1v) is 8.49. The Morgan fingerprint density at radius 1 is 0.962 bits per heavy atom. The van der Waals surface area contributed by atoms with Gasteiger partial charge in [0.15, 0.2) is 12.4 Å².